The number of nitrogens with two attached hydrogens (primary N) is 1. The molecule has 390 valence electrons. The van der Waals surface area contributed by atoms with E-state index in [1.165, 1.54) is 19.2 Å². The Labute approximate surface area is 411 Å². The van der Waals surface area contributed by atoms with Crippen LogP contribution in [0.15, 0.2) is 122 Å². The summed E-state index contributed by atoms with van der Waals surface area (Å²) in [5.74, 6) is -2.40. The van der Waals surface area contributed by atoms with Gasteiger partial charge >= 0.3 is 10.4 Å². The number of rotatable bonds is 28. The third kappa shape index (κ3) is 17.4. The monoisotopic (exact) mass is 1160 g/mol. The van der Waals surface area contributed by atoms with Gasteiger partial charge in [-0.15, -0.1) is 34.2 Å². The van der Waals surface area contributed by atoms with E-state index in [-0.39, 0.29) is 58.9 Å². The molecule has 32 nitrogen and oxygen atoms in total. The van der Waals surface area contributed by atoms with E-state index in [1.54, 1.807) is 0 Å². The molecule has 71 heavy (non-hydrogen) atoms. The Bertz CT molecular complexity index is 3350. The van der Waals surface area contributed by atoms with Gasteiger partial charge in [0.2, 0.25) is 0 Å². The second-order valence-corrected chi connectivity index (χ2v) is 24.1. The van der Waals surface area contributed by atoms with Crippen LogP contribution < -0.4 is 11.1 Å². The molecule has 0 unspecified atom stereocenters. The molecular formula is C31H34N8O24S8. The number of benzene rings is 4. The van der Waals surface area contributed by atoms with Crippen LogP contribution in [0.2, 0.25) is 0 Å². The van der Waals surface area contributed by atoms with Gasteiger partial charge in [-0.05, 0) is 66.7 Å². The second kappa shape index (κ2) is 25.2. The van der Waals surface area contributed by atoms with Crippen molar-refractivity contribution in [1.82, 2.24) is 0 Å². The summed E-state index contributed by atoms with van der Waals surface area (Å²) < 4.78 is 199. The van der Waals surface area contributed by atoms with Gasteiger partial charge < -0.3 is 11.1 Å². The van der Waals surface area contributed by atoms with Gasteiger partial charge in [0.05, 0.1) is 68.8 Å². The van der Waals surface area contributed by atoms with Crippen LogP contribution in [0.5, 0.6) is 0 Å². The van der Waals surface area contributed by atoms with Crippen molar-refractivity contribution in [3.05, 3.63) is 66.7 Å². The number of hydrogen-bond donors (Lipinski definition) is 7. The van der Waals surface area contributed by atoms with Crippen molar-refractivity contribution in [1.29, 1.82) is 0 Å². The van der Waals surface area contributed by atoms with Crippen molar-refractivity contribution in [2.24, 2.45) is 30.7 Å². The van der Waals surface area contributed by atoms with Crippen LogP contribution in [0.4, 0.5) is 45.5 Å². The molecule has 40 heteroatoms. The van der Waals surface area contributed by atoms with Gasteiger partial charge in [-0.25, -0.2) is 40.0 Å². The first kappa shape index (κ1) is 58.8. The van der Waals surface area contributed by atoms with Gasteiger partial charge in [-0.2, -0.15) is 30.4 Å². The van der Waals surface area contributed by atoms with E-state index in [2.05, 4.69) is 58.9 Å². The second-order valence-electron chi connectivity index (χ2n) is 12.9. The SMILES string of the molecule is CNc1c(/N=N/c2ccc(S(=O)(=O)CCOSOOO)cc2S(=O)(=O)O)cc(/N=N/c2ccc(S(=O)(=O)CCOSOOO)cc2)c(N)c1/N=N/c1ccc(S(=O)(=O)CCOS(=O)(=O)O)cc1S(=O)(=O)O. The minimum atomic E-state index is -5.34. The Hall–Kier alpha value is -4.80. The van der Waals surface area contributed by atoms with Gasteiger partial charge in [0.25, 0.3) is 20.2 Å². The van der Waals surface area contributed by atoms with Gasteiger partial charge in [0, 0.05) is 7.05 Å². The number of nitrogen functional groups attached to an aromatic ring is 1. The molecule has 0 radical (unpaired) electrons. The van der Waals surface area contributed by atoms with Crippen molar-refractivity contribution in [2.45, 2.75) is 24.5 Å². The molecule has 4 aromatic rings. The maximum absolute atomic E-state index is 12.9. The first-order valence-electron chi connectivity index (χ1n) is 18.2. The highest BCUT2D eigenvalue weighted by Crippen LogP contribution is 2.47. The smallest absolute Gasteiger partial charge is 0.395 e. The summed E-state index contributed by atoms with van der Waals surface area (Å²) >= 11 is 0.238. The summed E-state index contributed by atoms with van der Waals surface area (Å²) in [6.07, 6.45) is 0. The molecule has 0 fully saturated rings. The van der Waals surface area contributed by atoms with Crippen molar-refractivity contribution in [3.63, 3.8) is 0 Å². The average Bonchev–Trinajstić information content (AvgIpc) is 3.28. The van der Waals surface area contributed by atoms with Gasteiger partial charge in [0.15, 0.2) is 54.2 Å². The zero-order chi connectivity index (χ0) is 52.8. The molecule has 0 spiro atoms. The van der Waals surface area contributed by atoms with E-state index >= 15 is 0 Å². The maximum atomic E-state index is 12.9. The van der Waals surface area contributed by atoms with Crippen LogP contribution in [-0.4, -0.2) is 119 Å². The fourth-order valence-corrected chi connectivity index (χ4v) is 11.0. The fraction of sp³-hybridized carbons (Fsp3) is 0.226. The molecule has 0 saturated carbocycles. The Morgan fingerprint density at radius 2 is 0.958 bits per heavy atom. The van der Waals surface area contributed by atoms with Crippen LogP contribution >= 0.6 is 24.6 Å². The van der Waals surface area contributed by atoms with E-state index < -0.39 is 133 Å². The quantitative estimate of drug-likeness (QED) is 0.00731. The summed E-state index contributed by atoms with van der Waals surface area (Å²) in [6.45, 7) is -2.04. The van der Waals surface area contributed by atoms with Crippen molar-refractivity contribution in [2.75, 3.05) is 55.2 Å². The molecular weight excluding hydrogens is 1120 g/mol. The van der Waals surface area contributed by atoms with Crippen molar-refractivity contribution < 1.29 is 106 Å². The van der Waals surface area contributed by atoms with Gasteiger partial charge in [-0.3, -0.25) is 22.0 Å². The Balaban J connectivity index is 1.86. The Morgan fingerprint density at radius 3 is 1.41 bits per heavy atom. The molecule has 8 N–H and O–H groups in total. The standard InChI is InChI=1S/C31H34N8O24S8/c1-33-30-26(38-35-23-8-6-21(16-27(23)69(48,49)50)67(44,45)14-11-58-65-63-61-41)18-25(37-34-19-2-4-20(5-3-19)66(42,43)13-10-57-64-62-60-40)29(32)31(30)39-36-24-9-7-22(17-28(24)70(51,52)53)68(46,47)15-12-59-71(54,55)56/h2-9,16-18,33,40-41H,10-15,32H2,1H3,(H,48,49,50)(H,51,52,53)(H,54,55,56)/b37-34+,38-35+,39-36+. The van der Waals surface area contributed by atoms with E-state index in [1.807, 2.05) is 0 Å². The summed E-state index contributed by atoms with van der Waals surface area (Å²) in [4.78, 5) is -3.82. The van der Waals surface area contributed by atoms with Crippen LogP contribution in [0, 0.1) is 0 Å². The maximum Gasteiger partial charge on any atom is 0.397 e. The lowest BCUT2D eigenvalue weighted by Gasteiger charge is -2.13. The Morgan fingerprint density at radius 1 is 0.535 bits per heavy atom. The fourth-order valence-electron chi connectivity index (χ4n) is 5.19. The largest absolute Gasteiger partial charge is 0.397 e. The number of sulfone groups is 3. The predicted octanol–water partition coefficient (Wildman–Crippen LogP) is 5.19. The molecule has 0 aliphatic carbocycles. The predicted molar refractivity (Wildman–Crippen MR) is 242 cm³/mol. The topological polar surface area (TPSA) is 483 Å². The van der Waals surface area contributed by atoms with E-state index in [4.69, 9.17) is 29.2 Å². The normalized spacial score (nSPS) is 13.2. The summed E-state index contributed by atoms with van der Waals surface area (Å²) in [6, 6.07) is 10.2. The average molecular weight is 1160 g/mol. The highest BCUT2D eigenvalue weighted by molar-refractivity contribution is 7.92. The lowest BCUT2D eigenvalue weighted by molar-refractivity contribution is -0.434. The summed E-state index contributed by atoms with van der Waals surface area (Å²) in [5, 5.41) is 49.4. The molecule has 4 aromatic carbocycles. The molecule has 0 aliphatic heterocycles. The minimum absolute atomic E-state index is 0.00995. The van der Waals surface area contributed by atoms with E-state index in [9.17, 15) is 59.6 Å². The molecule has 0 aliphatic rings. The first-order chi connectivity index (χ1) is 33.1. The van der Waals surface area contributed by atoms with Gasteiger partial charge in [0.1, 0.15) is 38.2 Å². The van der Waals surface area contributed by atoms with Crippen LogP contribution in [0.1, 0.15) is 0 Å². The van der Waals surface area contributed by atoms with Crippen LogP contribution in [0.3, 0.4) is 0 Å². The summed E-state index contributed by atoms with van der Waals surface area (Å²) in [5.41, 5.74) is 3.23. The summed E-state index contributed by atoms with van der Waals surface area (Å²) in [7, 11) is -27.2. The van der Waals surface area contributed by atoms with Crippen LogP contribution in [-0.2, 0) is 91.4 Å². The first-order valence-corrected chi connectivity index (χ1v) is 28.7. The molecule has 0 saturated heterocycles. The molecule has 0 heterocycles. The highest BCUT2D eigenvalue weighted by Gasteiger charge is 2.26. The number of hydrogen-bond acceptors (Lipinski definition) is 31. The van der Waals surface area contributed by atoms with Crippen molar-refractivity contribution in [3.8, 4) is 0 Å². The zero-order valence-electron chi connectivity index (χ0n) is 35.1. The van der Waals surface area contributed by atoms with E-state index in [0.29, 0.717) is 12.1 Å². The highest BCUT2D eigenvalue weighted by atomic mass is 32.3. The lowest BCUT2D eigenvalue weighted by atomic mass is 10.1. The molecule has 4 rings (SSSR count). The number of nitrogens with one attached hydrogen (secondary N) is 1. The van der Waals surface area contributed by atoms with Crippen molar-refractivity contribution >= 4 is 130 Å². The molecule has 0 atom stereocenters. The Kier molecular flexibility index (Phi) is 20.9. The van der Waals surface area contributed by atoms with E-state index in [0.717, 1.165) is 42.5 Å². The third-order valence-corrected chi connectivity index (χ3v) is 16.4. The number of nitrogens with zero attached hydrogens (tertiary/aromatic N) is 6. The molecule has 0 amide bonds. The third-order valence-electron chi connectivity index (χ3n) is 8.34. The minimum Gasteiger partial charge on any atom is -0.395 e. The molecule has 0 bridgehead atoms. The lowest BCUT2D eigenvalue weighted by Crippen LogP contribution is -2.16. The number of anilines is 2. The number of azo groups is 3. The molecule has 0 aromatic heterocycles. The zero-order valence-corrected chi connectivity index (χ0v) is 41.6. The van der Waals surface area contributed by atoms with Gasteiger partial charge in [-0.1, -0.05) is 10.1 Å². The van der Waals surface area contributed by atoms with Crippen LogP contribution in [0.25, 0.3) is 0 Å².